The van der Waals surface area contributed by atoms with Crippen LogP contribution in [-0.2, 0) is 4.74 Å². The fourth-order valence-electron chi connectivity index (χ4n) is 3.56. The van der Waals surface area contributed by atoms with Crippen LogP contribution in [0.5, 0.6) is 0 Å². The van der Waals surface area contributed by atoms with Crippen LogP contribution in [0.2, 0.25) is 5.02 Å². The highest BCUT2D eigenvalue weighted by molar-refractivity contribution is 6.30. The molecular weight excluding hydrogens is 396 g/mol. The molecule has 3 N–H and O–H groups in total. The second-order valence-electron chi connectivity index (χ2n) is 7.12. The Bertz CT molecular complexity index is 874. The lowest BCUT2D eigenvalue weighted by Gasteiger charge is -2.26. The Hall–Kier alpha value is -2.35. The highest BCUT2D eigenvalue weighted by atomic mass is 35.5. The molecule has 156 valence electrons. The lowest BCUT2D eigenvalue weighted by atomic mass is 9.93. The van der Waals surface area contributed by atoms with E-state index in [9.17, 15) is 14.7 Å². The number of furan rings is 1. The predicted octanol–water partition coefficient (Wildman–Crippen LogP) is 3.06. The molecule has 1 saturated carbocycles. The normalized spacial score (nSPS) is 20.1. The van der Waals surface area contributed by atoms with Crippen LogP contribution in [0.25, 0.3) is 0 Å². The highest BCUT2D eigenvalue weighted by Crippen LogP contribution is 2.32. The van der Waals surface area contributed by atoms with Gasteiger partial charge in [0.15, 0.2) is 11.5 Å². The Morgan fingerprint density at radius 3 is 2.55 bits per heavy atom. The number of carbonyl (C=O) groups excluding carboxylic acids is 2. The van der Waals surface area contributed by atoms with Crippen molar-refractivity contribution in [2.75, 3.05) is 14.2 Å². The van der Waals surface area contributed by atoms with Gasteiger partial charge in [-0.25, -0.2) is 0 Å². The molecule has 1 aromatic carbocycles. The first-order chi connectivity index (χ1) is 13.9. The van der Waals surface area contributed by atoms with E-state index in [2.05, 4.69) is 10.6 Å². The van der Waals surface area contributed by atoms with Gasteiger partial charge in [0.1, 0.15) is 6.10 Å². The first-order valence-corrected chi connectivity index (χ1v) is 9.93. The Morgan fingerprint density at radius 1 is 1.21 bits per heavy atom. The maximum absolute atomic E-state index is 13.0. The molecule has 0 bridgehead atoms. The van der Waals surface area contributed by atoms with E-state index < -0.39 is 12.0 Å². The van der Waals surface area contributed by atoms with Crippen molar-refractivity contribution in [1.82, 2.24) is 10.6 Å². The van der Waals surface area contributed by atoms with Crippen LogP contribution in [0.3, 0.4) is 0 Å². The van der Waals surface area contributed by atoms with E-state index in [-0.39, 0.29) is 35.1 Å². The summed E-state index contributed by atoms with van der Waals surface area (Å²) in [6.45, 7) is 0. The number of nitrogens with one attached hydrogen (secondary N) is 2. The largest absolute Gasteiger partial charge is 0.452 e. The molecule has 1 heterocycles. The van der Waals surface area contributed by atoms with Crippen molar-refractivity contribution in [3.8, 4) is 0 Å². The monoisotopic (exact) mass is 420 g/mol. The summed E-state index contributed by atoms with van der Waals surface area (Å²) in [5, 5.41) is 15.7. The average molecular weight is 421 g/mol. The van der Waals surface area contributed by atoms with Crippen LogP contribution in [0.4, 0.5) is 0 Å². The summed E-state index contributed by atoms with van der Waals surface area (Å²) in [4.78, 5) is 25.1. The second-order valence-corrected chi connectivity index (χ2v) is 7.55. The topological polar surface area (TPSA) is 101 Å². The van der Waals surface area contributed by atoms with E-state index in [0.29, 0.717) is 36.3 Å². The molecule has 3 rings (SSSR count). The van der Waals surface area contributed by atoms with Crippen molar-refractivity contribution >= 4 is 23.4 Å². The molecule has 0 radical (unpaired) electrons. The summed E-state index contributed by atoms with van der Waals surface area (Å²) in [6, 6.07) is 8.44. The molecule has 1 aliphatic rings. The van der Waals surface area contributed by atoms with Crippen molar-refractivity contribution in [3.63, 3.8) is 0 Å². The molecule has 0 aliphatic heterocycles. The van der Waals surface area contributed by atoms with Gasteiger partial charge in [-0.05, 0) is 43.4 Å². The molecule has 29 heavy (non-hydrogen) atoms. The number of aliphatic hydroxyl groups excluding tert-OH is 1. The van der Waals surface area contributed by atoms with E-state index in [4.69, 9.17) is 20.8 Å². The number of carbonyl (C=O) groups is 2. The second kappa shape index (κ2) is 9.43. The molecule has 8 heteroatoms. The van der Waals surface area contributed by atoms with Crippen LogP contribution < -0.4 is 10.6 Å². The minimum atomic E-state index is -0.707. The Labute approximate surface area is 174 Å². The minimum absolute atomic E-state index is 0.0239. The van der Waals surface area contributed by atoms with Crippen molar-refractivity contribution in [2.45, 2.75) is 43.9 Å². The van der Waals surface area contributed by atoms with Gasteiger partial charge in [-0.15, -0.1) is 0 Å². The number of ether oxygens (including phenoxy) is 1. The fourth-order valence-corrected chi connectivity index (χ4v) is 3.76. The third kappa shape index (κ3) is 4.98. The van der Waals surface area contributed by atoms with E-state index >= 15 is 0 Å². The number of benzene rings is 1. The summed E-state index contributed by atoms with van der Waals surface area (Å²) < 4.78 is 11.4. The number of hydrogen-bond acceptors (Lipinski definition) is 5. The molecule has 2 amide bonds. The molecule has 0 spiro atoms. The number of rotatable bonds is 6. The van der Waals surface area contributed by atoms with Gasteiger partial charge in [0.05, 0.1) is 11.7 Å². The molecule has 2 aromatic rings. The van der Waals surface area contributed by atoms with E-state index in [1.807, 2.05) is 6.07 Å². The van der Waals surface area contributed by atoms with Crippen LogP contribution in [0, 0.1) is 0 Å². The number of hydrogen-bond donors (Lipinski definition) is 3. The van der Waals surface area contributed by atoms with Crippen molar-refractivity contribution < 1.29 is 23.8 Å². The first-order valence-electron chi connectivity index (χ1n) is 9.56. The van der Waals surface area contributed by atoms with Crippen molar-refractivity contribution in [3.05, 3.63) is 58.0 Å². The SMILES string of the molecule is CNC(=O)c1cc(C(=O)NC2CCC(O)CC2)c([C@@H](OC)c2cccc(Cl)c2)o1. The Morgan fingerprint density at radius 2 is 1.93 bits per heavy atom. The van der Waals surface area contributed by atoms with Gasteiger partial charge in [0.25, 0.3) is 11.8 Å². The molecule has 1 atom stereocenters. The van der Waals surface area contributed by atoms with Gasteiger partial charge in [0, 0.05) is 31.3 Å². The standard InChI is InChI=1S/C21H25ClN2O5/c1-23-21(27)17-11-16(20(26)24-14-6-8-15(25)9-7-14)19(29-17)18(28-2)12-4-3-5-13(22)10-12/h3-5,10-11,14-15,18,25H,6-9H2,1-2H3,(H,23,27)(H,24,26)/t14?,15?,18-/m0/s1. The zero-order chi connectivity index (χ0) is 21.0. The van der Waals surface area contributed by atoms with Gasteiger partial charge < -0.3 is 24.9 Å². The lowest BCUT2D eigenvalue weighted by Crippen LogP contribution is -2.38. The molecule has 0 saturated heterocycles. The first kappa shape index (κ1) is 21.4. The molecule has 1 aromatic heterocycles. The van der Waals surface area contributed by atoms with E-state index in [1.165, 1.54) is 20.2 Å². The van der Waals surface area contributed by atoms with Crippen LogP contribution in [-0.4, -0.2) is 43.2 Å². The number of methoxy groups -OCH3 is 1. The minimum Gasteiger partial charge on any atom is -0.452 e. The van der Waals surface area contributed by atoms with E-state index in [1.54, 1.807) is 18.2 Å². The summed E-state index contributed by atoms with van der Waals surface area (Å²) in [7, 11) is 2.99. The number of amides is 2. The summed E-state index contributed by atoms with van der Waals surface area (Å²) in [5.41, 5.74) is 0.939. The van der Waals surface area contributed by atoms with Crippen LogP contribution >= 0.6 is 11.6 Å². The summed E-state index contributed by atoms with van der Waals surface area (Å²) >= 11 is 6.10. The molecule has 7 nitrogen and oxygen atoms in total. The highest BCUT2D eigenvalue weighted by Gasteiger charge is 2.30. The van der Waals surface area contributed by atoms with E-state index in [0.717, 1.165) is 0 Å². The fraction of sp³-hybridized carbons (Fsp3) is 0.429. The zero-order valence-corrected chi connectivity index (χ0v) is 17.2. The maximum Gasteiger partial charge on any atom is 0.286 e. The molecule has 0 unspecified atom stereocenters. The lowest BCUT2D eigenvalue weighted by molar-refractivity contribution is 0.0840. The van der Waals surface area contributed by atoms with Gasteiger partial charge in [-0.3, -0.25) is 9.59 Å². The van der Waals surface area contributed by atoms with Crippen LogP contribution in [0.15, 0.2) is 34.7 Å². The van der Waals surface area contributed by atoms with Crippen LogP contribution in [0.1, 0.15) is 64.0 Å². The van der Waals surface area contributed by atoms with Gasteiger partial charge in [0.2, 0.25) is 0 Å². The molecule has 1 aliphatic carbocycles. The third-order valence-corrected chi connectivity index (χ3v) is 5.35. The summed E-state index contributed by atoms with van der Waals surface area (Å²) in [5.74, 6) is -0.520. The quantitative estimate of drug-likeness (QED) is 0.666. The molecule has 1 fully saturated rings. The maximum atomic E-state index is 13.0. The number of halogens is 1. The van der Waals surface area contributed by atoms with Crippen molar-refractivity contribution in [2.24, 2.45) is 0 Å². The number of aliphatic hydroxyl groups is 1. The Balaban J connectivity index is 1.93. The Kier molecular flexibility index (Phi) is 6.95. The van der Waals surface area contributed by atoms with Crippen molar-refractivity contribution in [1.29, 1.82) is 0 Å². The average Bonchev–Trinajstić information content (AvgIpc) is 3.15. The van der Waals surface area contributed by atoms with Gasteiger partial charge in [-0.2, -0.15) is 0 Å². The zero-order valence-electron chi connectivity index (χ0n) is 16.4. The molecular formula is C21H25ClN2O5. The van der Waals surface area contributed by atoms with Gasteiger partial charge >= 0.3 is 0 Å². The predicted molar refractivity (Wildman–Crippen MR) is 108 cm³/mol. The third-order valence-electron chi connectivity index (χ3n) is 5.11. The smallest absolute Gasteiger partial charge is 0.286 e. The summed E-state index contributed by atoms with van der Waals surface area (Å²) in [6.07, 6.45) is 1.68. The van der Waals surface area contributed by atoms with Gasteiger partial charge in [-0.1, -0.05) is 23.7 Å².